The third-order valence-corrected chi connectivity index (χ3v) is 7.10. The predicted molar refractivity (Wildman–Crippen MR) is 114 cm³/mol. The van der Waals surface area contributed by atoms with Gasteiger partial charge in [0.2, 0.25) is 0 Å². The molecule has 1 saturated carbocycles. The Bertz CT molecular complexity index is 621. The van der Waals surface area contributed by atoms with Crippen molar-refractivity contribution >= 4 is 11.6 Å². The predicted octanol–water partition coefficient (Wildman–Crippen LogP) is 4.64. The van der Waals surface area contributed by atoms with Crippen LogP contribution in [0, 0.1) is 11.3 Å². The van der Waals surface area contributed by atoms with E-state index < -0.39 is 5.60 Å². The van der Waals surface area contributed by atoms with Crippen LogP contribution in [-0.2, 0) is 0 Å². The zero-order chi connectivity index (χ0) is 19.7. The van der Waals surface area contributed by atoms with Gasteiger partial charge >= 0.3 is 0 Å². The fourth-order valence-corrected chi connectivity index (χ4v) is 5.54. The molecule has 1 aliphatic heterocycles. The van der Waals surface area contributed by atoms with Crippen molar-refractivity contribution < 1.29 is 5.11 Å². The average molecular weight is 393 g/mol. The highest BCUT2D eigenvalue weighted by Gasteiger charge is 2.50. The first-order chi connectivity index (χ1) is 12.7. The highest BCUT2D eigenvalue weighted by atomic mass is 35.5. The van der Waals surface area contributed by atoms with Crippen LogP contribution in [-0.4, -0.2) is 60.3 Å². The van der Waals surface area contributed by atoms with Crippen LogP contribution in [0.4, 0.5) is 0 Å². The van der Waals surface area contributed by atoms with Gasteiger partial charge in [0.05, 0.1) is 5.60 Å². The molecule has 27 heavy (non-hydrogen) atoms. The molecule has 2 fully saturated rings. The fraction of sp³-hybridized carbons (Fsp3) is 0.739. The van der Waals surface area contributed by atoms with Crippen LogP contribution < -0.4 is 0 Å². The van der Waals surface area contributed by atoms with E-state index in [1.54, 1.807) is 0 Å². The second kappa shape index (κ2) is 8.41. The fourth-order valence-electron chi connectivity index (χ4n) is 5.34. The van der Waals surface area contributed by atoms with E-state index >= 15 is 0 Å². The summed E-state index contributed by atoms with van der Waals surface area (Å²) in [7, 11) is 2.19. The first kappa shape index (κ1) is 21.1. The molecule has 0 spiro atoms. The van der Waals surface area contributed by atoms with Crippen molar-refractivity contribution in [1.82, 2.24) is 9.80 Å². The molecular weight excluding hydrogens is 356 g/mol. The maximum absolute atomic E-state index is 12.2. The van der Waals surface area contributed by atoms with E-state index in [2.05, 4.69) is 49.8 Å². The SMILES string of the molecule is CN1CCN(CC(c2cccc(Cl)c2)C2(O)CCCCC2C(C)(C)C)CC1. The van der Waals surface area contributed by atoms with Crippen LogP contribution in [0.25, 0.3) is 0 Å². The van der Waals surface area contributed by atoms with Crippen molar-refractivity contribution in [2.24, 2.45) is 11.3 Å². The molecule has 1 saturated heterocycles. The molecule has 4 heteroatoms. The van der Waals surface area contributed by atoms with Gasteiger partial charge in [-0.2, -0.15) is 0 Å². The highest BCUT2D eigenvalue weighted by molar-refractivity contribution is 6.30. The number of hydrogen-bond donors (Lipinski definition) is 1. The number of rotatable bonds is 4. The summed E-state index contributed by atoms with van der Waals surface area (Å²) in [5.41, 5.74) is 0.610. The van der Waals surface area contributed by atoms with E-state index in [0.717, 1.165) is 57.0 Å². The minimum atomic E-state index is -0.676. The zero-order valence-corrected chi connectivity index (χ0v) is 18.3. The second-order valence-electron chi connectivity index (χ2n) is 9.87. The first-order valence-corrected chi connectivity index (χ1v) is 11.0. The number of hydrogen-bond acceptors (Lipinski definition) is 3. The smallest absolute Gasteiger partial charge is 0.0761 e. The third-order valence-electron chi connectivity index (χ3n) is 6.86. The topological polar surface area (TPSA) is 26.7 Å². The Morgan fingerprint density at radius 2 is 1.89 bits per heavy atom. The minimum Gasteiger partial charge on any atom is -0.389 e. The quantitative estimate of drug-likeness (QED) is 0.808. The molecule has 1 aliphatic carbocycles. The number of likely N-dealkylation sites (N-methyl/N-ethyl adjacent to an activating group) is 1. The van der Waals surface area contributed by atoms with E-state index in [0.29, 0.717) is 5.92 Å². The lowest BCUT2D eigenvalue weighted by Gasteiger charge is -2.52. The van der Waals surface area contributed by atoms with Crippen molar-refractivity contribution in [3.05, 3.63) is 34.9 Å². The van der Waals surface area contributed by atoms with E-state index in [9.17, 15) is 5.11 Å². The largest absolute Gasteiger partial charge is 0.389 e. The first-order valence-electron chi connectivity index (χ1n) is 10.6. The standard InChI is InChI=1S/C23H37ClN2O/c1-22(2,3)21-10-5-6-11-23(21,27)20(18-8-7-9-19(24)16-18)17-26-14-12-25(4)13-15-26/h7-9,16,20-21,27H,5-6,10-15,17H2,1-4H3. The van der Waals surface area contributed by atoms with Gasteiger partial charge < -0.3 is 14.9 Å². The van der Waals surface area contributed by atoms with Gasteiger partial charge in [0.15, 0.2) is 0 Å². The summed E-state index contributed by atoms with van der Waals surface area (Å²) in [4.78, 5) is 4.93. The van der Waals surface area contributed by atoms with Crippen LogP contribution in [0.15, 0.2) is 24.3 Å². The summed E-state index contributed by atoms with van der Waals surface area (Å²) < 4.78 is 0. The molecule has 3 unspecified atom stereocenters. The Labute approximate surface area is 170 Å². The lowest BCUT2D eigenvalue weighted by molar-refractivity contribution is -0.114. The normalized spacial score (nSPS) is 29.6. The Hall–Kier alpha value is -0.610. The molecule has 0 bridgehead atoms. The van der Waals surface area contributed by atoms with Gasteiger partial charge in [-0.15, -0.1) is 0 Å². The van der Waals surface area contributed by atoms with Crippen LogP contribution in [0.1, 0.15) is 57.9 Å². The Balaban J connectivity index is 1.94. The maximum Gasteiger partial charge on any atom is 0.0761 e. The number of aliphatic hydroxyl groups is 1. The summed E-state index contributed by atoms with van der Waals surface area (Å²) in [6, 6.07) is 8.21. The van der Waals surface area contributed by atoms with Crippen molar-refractivity contribution in [3.8, 4) is 0 Å². The lowest BCUT2D eigenvalue weighted by Crippen LogP contribution is -2.55. The molecule has 0 amide bonds. The monoisotopic (exact) mass is 392 g/mol. The van der Waals surface area contributed by atoms with E-state index in [4.69, 9.17) is 11.6 Å². The number of benzene rings is 1. The van der Waals surface area contributed by atoms with Gasteiger partial charge in [0, 0.05) is 43.7 Å². The van der Waals surface area contributed by atoms with Crippen LogP contribution in [0.5, 0.6) is 0 Å². The molecule has 3 rings (SSSR count). The number of piperazine rings is 1. The third kappa shape index (κ3) is 4.87. The molecule has 1 aromatic rings. The van der Waals surface area contributed by atoms with Crippen molar-refractivity contribution in [2.45, 2.75) is 58.0 Å². The number of halogens is 1. The van der Waals surface area contributed by atoms with Crippen molar-refractivity contribution in [1.29, 1.82) is 0 Å². The van der Waals surface area contributed by atoms with Crippen LogP contribution in [0.3, 0.4) is 0 Å². The molecule has 3 atom stereocenters. The van der Waals surface area contributed by atoms with Crippen molar-refractivity contribution in [3.63, 3.8) is 0 Å². The second-order valence-corrected chi connectivity index (χ2v) is 10.3. The summed E-state index contributed by atoms with van der Waals surface area (Å²) in [5.74, 6) is 0.402. The van der Waals surface area contributed by atoms with Crippen LogP contribution in [0.2, 0.25) is 5.02 Å². The Morgan fingerprint density at radius 3 is 2.52 bits per heavy atom. The molecule has 152 valence electrons. The molecule has 3 nitrogen and oxygen atoms in total. The minimum absolute atomic E-state index is 0.0914. The Kier molecular flexibility index (Phi) is 6.57. The van der Waals surface area contributed by atoms with Gasteiger partial charge in [0.25, 0.3) is 0 Å². The molecule has 1 N–H and O–H groups in total. The van der Waals surface area contributed by atoms with Gasteiger partial charge in [-0.05, 0) is 48.9 Å². The molecule has 0 radical (unpaired) electrons. The van der Waals surface area contributed by atoms with Crippen LogP contribution >= 0.6 is 11.6 Å². The van der Waals surface area contributed by atoms with E-state index in [1.807, 2.05) is 12.1 Å². The summed E-state index contributed by atoms with van der Waals surface area (Å²) >= 11 is 6.36. The average Bonchev–Trinajstić information content (AvgIpc) is 2.60. The summed E-state index contributed by atoms with van der Waals surface area (Å²) in [6.45, 7) is 12.1. The van der Waals surface area contributed by atoms with Crippen molar-refractivity contribution in [2.75, 3.05) is 39.8 Å². The van der Waals surface area contributed by atoms with Gasteiger partial charge in [-0.1, -0.05) is 57.3 Å². The molecular formula is C23H37ClN2O. The molecule has 0 aromatic heterocycles. The number of nitrogens with zero attached hydrogens (tertiary/aromatic N) is 2. The maximum atomic E-state index is 12.2. The van der Waals surface area contributed by atoms with Gasteiger partial charge in [0.1, 0.15) is 0 Å². The highest BCUT2D eigenvalue weighted by Crippen LogP contribution is 2.51. The van der Waals surface area contributed by atoms with Gasteiger partial charge in [-0.25, -0.2) is 0 Å². The summed E-state index contributed by atoms with van der Waals surface area (Å²) in [6.07, 6.45) is 4.34. The molecule has 1 aromatic carbocycles. The lowest BCUT2D eigenvalue weighted by atomic mass is 9.58. The summed E-state index contributed by atoms with van der Waals surface area (Å²) in [5, 5.41) is 12.9. The molecule has 2 aliphatic rings. The Morgan fingerprint density at radius 1 is 1.19 bits per heavy atom. The molecule has 1 heterocycles. The van der Waals surface area contributed by atoms with Gasteiger partial charge in [-0.3, -0.25) is 0 Å². The van der Waals surface area contributed by atoms with E-state index in [-0.39, 0.29) is 11.3 Å². The van der Waals surface area contributed by atoms with E-state index in [1.165, 1.54) is 12.0 Å². The zero-order valence-electron chi connectivity index (χ0n) is 17.5.